The van der Waals surface area contributed by atoms with Crippen molar-refractivity contribution in [3.05, 3.63) is 54.5 Å². The fraction of sp³-hybridized carbons (Fsp3) is 0.214. The van der Waals surface area contributed by atoms with Gasteiger partial charge in [0.15, 0.2) is 0 Å². The number of tetrazole rings is 1. The lowest BCUT2D eigenvalue weighted by molar-refractivity contribution is 0.488. The van der Waals surface area contributed by atoms with E-state index in [9.17, 15) is 0 Å². The molecule has 0 aliphatic rings. The summed E-state index contributed by atoms with van der Waals surface area (Å²) in [6.07, 6.45) is 1.68. The number of thioether (sulfide) groups is 1. The number of benzene rings is 1. The molecule has 0 atom stereocenters. The van der Waals surface area contributed by atoms with E-state index in [1.807, 2.05) is 42.5 Å². The van der Waals surface area contributed by atoms with Gasteiger partial charge in [-0.3, -0.25) is 0 Å². The summed E-state index contributed by atoms with van der Waals surface area (Å²) in [7, 11) is 0. The Morgan fingerprint density at radius 2 is 2.00 bits per heavy atom. The number of para-hydroxylation sites is 1. The third-order valence-corrected chi connectivity index (χ3v) is 3.75. The molecule has 3 rings (SSSR count). The van der Waals surface area contributed by atoms with Crippen LogP contribution in [0.2, 0.25) is 0 Å². The van der Waals surface area contributed by atoms with Crippen LogP contribution in [0.1, 0.15) is 5.76 Å². The number of halogens is 1. The van der Waals surface area contributed by atoms with Crippen LogP contribution in [0.25, 0.3) is 5.69 Å². The van der Waals surface area contributed by atoms with Crippen LogP contribution in [0.3, 0.4) is 0 Å². The van der Waals surface area contributed by atoms with Crippen molar-refractivity contribution in [1.29, 1.82) is 0 Å². The molecule has 6 nitrogen and oxygen atoms in total. The summed E-state index contributed by atoms with van der Waals surface area (Å²) in [5.41, 5.74) is 0.966. The second-order valence-corrected chi connectivity index (χ2v) is 5.38. The first-order valence-electron chi connectivity index (χ1n) is 6.63. The van der Waals surface area contributed by atoms with Gasteiger partial charge in [-0.05, 0) is 34.7 Å². The monoisotopic (exact) mass is 337 g/mol. The molecule has 2 aromatic heterocycles. The molecule has 8 heteroatoms. The number of rotatable bonds is 7. The van der Waals surface area contributed by atoms with Gasteiger partial charge < -0.3 is 9.73 Å². The molecule has 1 N–H and O–H groups in total. The summed E-state index contributed by atoms with van der Waals surface area (Å²) in [4.78, 5) is 0. The van der Waals surface area contributed by atoms with Gasteiger partial charge in [-0.2, -0.15) is 4.68 Å². The summed E-state index contributed by atoms with van der Waals surface area (Å²) in [5.74, 6) is 1.82. The van der Waals surface area contributed by atoms with Crippen molar-refractivity contribution in [2.75, 3.05) is 12.3 Å². The van der Waals surface area contributed by atoms with Gasteiger partial charge in [0.25, 0.3) is 0 Å². The van der Waals surface area contributed by atoms with Gasteiger partial charge in [0.2, 0.25) is 5.16 Å². The molecule has 0 amide bonds. The maximum atomic E-state index is 5.26. The van der Waals surface area contributed by atoms with Gasteiger partial charge in [0, 0.05) is 12.3 Å². The zero-order chi connectivity index (χ0) is 14.3. The predicted molar refractivity (Wildman–Crippen MR) is 87.5 cm³/mol. The molecule has 2 heterocycles. The summed E-state index contributed by atoms with van der Waals surface area (Å²) < 4.78 is 7.00. The Hall–Kier alpha value is -1.83. The molecule has 0 aliphatic heterocycles. The van der Waals surface area contributed by atoms with Crippen LogP contribution in [0.4, 0.5) is 0 Å². The zero-order valence-electron chi connectivity index (χ0n) is 11.8. The Bertz CT molecular complexity index is 659. The highest BCUT2D eigenvalue weighted by molar-refractivity contribution is 7.99. The average Bonchev–Trinajstić information content (AvgIpc) is 3.19. The van der Waals surface area contributed by atoms with Gasteiger partial charge in [-0.25, -0.2) is 0 Å². The van der Waals surface area contributed by atoms with E-state index in [0.717, 1.165) is 35.4 Å². The largest absolute Gasteiger partial charge is 0.468 e. The van der Waals surface area contributed by atoms with E-state index in [1.54, 1.807) is 22.7 Å². The molecular formula is C14H16ClN5OS. The smallest absolute Gasteiger partial charge is 0.214 e. The van der Waals surface area contributed by atoms with E-state index in [0.29, 0.717) is 0 Å². The van der Waals surface area contributed by atoms with Crippen LogP contribution in [-0.2, 0) is 6.54 Å². The molecule has 0 spiro atoms. The lowest BCUT2D eigenvalue weighted by Crippen LogP contribution is -2.16. The van der Waals surface area contributed by atoms with Crippen molar-refractivity contribution < 1.29 is 4.42 Å². The molecular weight excluding hydrogens is 322 g/mol. The van der Waals surface area contributed by atoms with Crippen LogP contribution in [0.15, 0.2) is 58.3 Å². The number of nitrogens with zero attached hydrogens (tertiary/aromatic N) is 4. The van der Waals surface area contributed by atoms with Crippen molar-refractivity contribution in [3.63, 3.8) is 0 Å². The second-order valence-electron chi connectivity index (χ2n) is 4.31. The Morgan fingerprint density at radius 3 is 2.77 bits per heavy atom. The van der Waals surface area contributed by atoms with E-state index in [1.165, 1.54) is 0 Å². The predicted octanol–water partition coefficient (Wildman–Crippen LogP) is 2.56. The minimum absolute atomic E-state index is 0. The van der Waals surface area contributed by atoms with Crippen molar-refractivity contribution in [2.24, 2.45) is 0 Å². The van der Waals surface area contributed by atoms with Crippen molar-refractivity contribution >= 4 is 24.2 Å². The fourth-order valence-electron chi connectivity index (χ4n) is 1.84. The number of aromatic nitrogens is 4. The maximum Gasteiger partial charge on any atom is 0.214 e. The zero-order valence-corrected chi connectivity index (χ0v) is 13.4. The molecule has 0 aliphatic carbocycles. The highest BCUT2D eigenvalue weighted by Gasteiger charge is 2.07. The number of nitrogens with one attached hydrogen (secondary N) is 1. The molecule has 116 valence electrons. The van der Waals surface area contributed by atoms with Crippen LogP contribution in [-0.4, -0.2) is 32.5 Å². The van der Waals surface area contributed by atoms with E-state index in [-0.39, 0.29) is 12.4 Å². The molecule has 0 saturated carbocycles. The normalized spacial score (nSPS) is 10.4. The molecule has 0 radical (unpaired) electrons. The van der Waals surface area contributed by atoms with Crippen molar-refractivity contribution in [1.82, 2.24) is 25.5 Å². The lowest BCUT2D eigenvalue weighted by Gasteiger charge is -2.04. The number of furan rings is 1. The van der Waals surface area contributed by atoms with Crippen LogP contribution < -0.4 is 5.32 Å². The third-order valence-electron chi connectivity index (χ3n) is 2.83. The highest BCUT2D eigenvalue weighted by atomic mass is 35.5. The minimum atomic E-state index is 0. The minimum Gasteiger partial charge on any atom is -0.468 e. The molecule has 0 fully saturated rings. The maximum absolute atomic E-state index is 5.26. The molecule has 3 aromatic rings. The first-order chi connectivity index (χ1) is 10.4. The first kappa shape index (κ1) is 16.5. The summed E-state index contributed by atoms with van der Waals surface area (Å²) >= 11 is 1.62. The molecule has 0 bridgehead atoms. The Kier molecular flexibility index (Phi) is 6.45. The number of hydrogen-bond acceptors (Lipinski definition) is 6. The third kappa shape index (κ3) is 4.33. The average molecular weight is 338 g/mol. The highest BCUT2D eigenvalue weighted by Crippen LogP contribution is 2.17. The summed E-state index contributed by atoms with van der Waals surface area (Å²) in [6.45, 7) is 1.59. The van der Waals surface area contributed by atoms with Crippen LogP contribution in [0.5, 0.6) is 0 Å². The summed E-state index contributed by atoms with van der Waals surface area (Å²) in [6, 6.07) is 13.7. The number of hydrogen-bond donors (Lipinski definition) is 1. The van der Waals surface area contributed by atoms with E-state index in [4.69, 9.17) is 4.42 Å². The Morgan fingerprint density at radius 1 is 1.14 bits per heavy atom. The van der Waals surface area contributed by atoms with Crippen LogP contribution in [0, 0.1) is 0 Å². The Balaban J connectivity index is 0.00000176. The first-order valence-corrected chi connectivity index (χ1v) is 7.62. The molecule has 0 saturated heterocycles. The van der Waals surface area contributed by atoms with Crippen molar-refractivity contribution in [2.45, 2.75) is 11.7 Å². The molecule has 1 aromatic carbocycles. The quantitative estimate of drug-likeness (QED) is 0.528. The van der Waals surface area contributed by atoms with Gasteiger partial charge in [0.05, 0.1) is 18.5 Å². The van der Waals surface area contributed by atoms with Crippen LogP contribution >= 0.6 is 24.2 Å². The summed E-state index contributed by atoms with van der Waals surface area (Å²) in [5, 5.41) is 15.9. The molecule has 0 unspecified atom stereocenters. The van der Waals surface area contributed by atoms with E-state index in [2.05, 4.69) is 20.8 Å². The standard InChI is InChI=1S/C14H15N5OS.ClH/c1-2-5-12(6-3-1)19-14(16-17-18-19)21-10-8-15-11-13-7-4-9-20-13;/h1-7,9,15H,8,10-11H2;1H. The van der Waals surface area contributed by atoms with Crippen molar-refractivity contribution in [3.8, 4) is 5.69 Å². The SMILES string of the molecule is Cl.c1ccc(-n2nnnc2SCCNCc2ccco2)cc1. The van der Waals surface area contributed by atoms with Gasteiger partial charge in [0.1, 0.15) is 5.76 Å². The van der Waals surface area contributed by atoms with Gasteiger partial charge in [-0.1, -0.05) is 30.0 Å². The second kappa shape index (κ2) is 8.57. The fourth-order valence-corrected chi connectivity index (χ4v) is 2.63. The lowest BCUT2D eigenvalue weighted by atomic mass is 10.3. The van der Waals surface area contributed by atoms with Gasteiger partial charge >= 0.3 is 0 Å². The molecule has 22 heavy (non-hydrogen) atoms. The van der Waals surface area contributed by atoms with Gasteiger partial charge in [-0.15, -0.1) is 17.5 Å². The van der Waals surface area contributed by atoms with E-state index >= 15 is 0 Å². The topological polar surface area (TPSA) is 68.8 Å². The Labute approximate surface area is 138 Å². The van der Waals surface area contributed by atoms with E-state index < -0.39 is 0 Å².